The zero-order chi connectivity index (χ0) is 13.1. The van der Waals surface area contributed by atoms with E-state index < -0.39 is 18.3 Å². The fourth-order valence-corrected chi connectivity index (χ4v) is 1.65. The van der Waals surface area contributed by atoms with E-state index in [1.165, 1.54) is 12.1 Å². The highest BCUT2D eigenvalue weighted by molar-refractivity contribution is 5.68. The number of hydrogen-bond acceptors (Lipinski definition) is 1. The SMILES string of the molecule is CC(C)Cc1ccc(C(F)(F)CC(=O)O)cc1. The molecular weight excluding hydrogens is 226 g/mol. The second kappa shape index (κ2) is 5.25. The number of hydrogen-bond donors (Lipinski definition) is 1. The lowest BCUT2D eigenvalue weighted by Gasteiger charge is -2.15. The number of halogens is 2. The first kappa shape index (κ1) is 13.6. The fourth-order valence-electron chi connectivity index (χ4n) is 1.65. The first-order valence-corrected chi connectivity index (χ1v) is 5.50. The number of carboxylic acids is 1. The van der Waals surface area contributed by atoms with Crippen LogP contribution in [-0.4, -0.2) is 11.1 Å². The summed E-state index contributed by atoms with van der Waals surface area (Å²) in [6.07, 6.45) is -0.346. The van der Waals surface area contributed by atoms with Gasteiger partial charge in [0.1, 0.15) is 6.42 Å². The average Bonchev–Trinajstić information content (AvgIpc) is 2.15. The van der Waals surface area contributed by atoms with E-state index in [4.69, 9.17) is 5.11 Å². The Morgan fingerprint density at radius 1 is 1.29 bits per heavy atom. The number of carboxylic acid groups (broad SMARTS) is 1. The van der Waals surface area contributed by atoms with Crippen molar-refractivity contribution in [2.24, 2.45) is 5.92 Å². The predicted molar refractivity (Wildman–Crippen MR) is 61.1 cm³/mol. The van der Waals surface area contributed by atoms with Crippen molar-refractivity contribution < 1.29 is 18.7 Å². The van der Waals surface area contributed by atoms with Crippen molar-refractivity contribution in [2.45, 2.75) is 32.6 Å². The molecule has 2 nitrogen and oxygen atoms in total. The maximum Gasteiger partial charge on any atom is 0.309 e. The van der Waals surface area contributed by atoms with Gasteiger partial charge in [0, 0.05) is 5.56 Å². The van der Waals surface area contributed by atoms with Crippen molar-refractivity contribution in [3.05, 3.63) is 35.4 Å². The zero-order valence-corrected chi connectivity index (χ0v) is 9.91. The molecule has 0 unspecified atom stereocenters. The summed E-state index contributed by atoms with van der Waals surface area (Å²) >= 11 is 0. The lowest BCUT2D eigenvalue weighted by Crippen LogP contribution is -2.18. The summed E-state index contributed by atoms with van der Waals surface area (Å²) in [7, 11) is 0. The molecule has 0 aliphatic rings. The van der Waals surface area contributed by atoms with E-state index in [0.717, 1.165) is 12.0 Å². The maximum atomic E-state index is 13.4. The Hall–Kier alpha value is -1.45. The minimum absolute atomic E-state index is 0.243. The van der Waals surface area contributed by atoms with Crippen LogP contribution in [0.3, 0.4) is 0 Å². The summed E-state index contributed by atoms with van der Waals surface area (Å²) in [6, 6.07) is 5.87. The molecule has 0 saturated carbocycles. The van der Waals surface area contributed by atoms with Gasteiger partial charge in [0.05, 0.1) is 0 Å². The summed E-state index contributed by atoms with van der Waals surface area (Å²) in [5.74, 6) is -4.34. The molecule has 4 heteroatoms. The molecule has 0 aromatic heterocycles. The number of rotatable bonds is 5. The molecule has 0 fully saturated rings. The van der Waals surface area contributed by atoms with Gasteiger partial charge in [0.2, 0.25) is 0 Å². The van der Waals surface area contributed by atoms with Crippen LogP contribution in [0.1, 0.15) is 31.4 Å². The van der Waals surface area contributed by atoms with Crippen LogP contribution >= 0.6 is 0 Å². The molecule has 0 aliphatic heterocycles. The smallest absolute Gasteiger partial charge is 0.309 e. The average molecular weight is 242 g/mol. The summed E-state index contributed by atoms with van der Waals surface area (Å²) in [6.45, 7) is 4.10. The van der Waals surface area contributed by atoms with Gasteiger partial charge in [-0.15, -0.1) is 0 Å². The number of benzene rings is 1. The Morgan fingerprint density at radius 2 is 1.82 bits per heavy atom. The van der Waals surface area contributed by atoms with Crippen LogP contribution in [-0.2, 0) is 17.1 Å². The molecule has 94 valence electrons. The zero-order valence-electron chi connectivity index (χ0n) is 9.91. The Bertz CT molecular complexity index is 383. The highest BCUT2D eigenvalue weighted by Crippen LogP contribution is 2.31. The van der Waals surface area contributed by atoms with E-state index in [9.17, 15) is 13.6 Å². The molecular formula is C13H16F2O2. The molecule has 1 aromatic rings. The number of alkyl halides is 2. The van der Waals surface area contributed by atoms with E-state index in [2.05, 4.69) is 0 Å². The lowest BCUT2D eigenvalue weighted by atomic mass is 9.99. The third-order valence-electron chi connectivity index (χ3n) is 2.39. The Kier molecular flexibility index (Phi) is 4.21. The van der Waals surface area contributed by atoms with Gasteiger partial charge in [-0.1, -0.05) is 38.1 Å². The minimum Gasteiger partial charge on any atom is -0.481 e. The molecule has 17 heavy (non-hydrogen) atoms. The fraction of sp³-hybridized carbons (Fsp3) is 0.462. The standard InChI is InChI=1S/C13H16F2O2/c1-9(2)7-10-3-5-11(6-4-10)13(14,15)8-12(16)17/h3-6,9H,7-8H2,1-2H3,(H,16,17). The monoisotopic (exact) mass is 242 g/mol. The largest absolute Gasteiger partial charge is 0.481 e. The molecule has 1 rings (SSSR count). The van der Waals surface area contributed by atoms with Crippen LogP contribution in [0, 0.1) is 5.92 Å². The van der Waals surface area contributed by atoms with Crippen LogP contribution in [0.4, 0.5) is 8.78 Å². The third-order valence-corrected chi connectivity index (χ3v) is 2.39. The van der Waals surface area contributed by atoms with Crippen molar-refractivity contribution >= 4 is 5.97 Å². The van der Waals surface area contributed by atoms with E-state index in [0.29, 0.717) is 5.92 Å². The molecule has 0 heterocycles. The van der Waals surface area contributed by atoms with Gasteiger partial charge in [0.25, 0.3) is 5.92 Å². The third kappa shape index (κ3) is 4.13. The molecule has 0 atom stereocenters. The van der Waals surface area contributed by atoms with Crippen molar-refractivity contribution in [1.29, 1.82) is 0 Å². The second-order valence-electron chi connectivity index (χ2n) is 4.57. The molecule has 0 saturated heterocycles. The highest BCUT2D eigenvalue weighted by Gasteiger charge is 2.34. The molecule has 0 amide bonds. The topological polar surface area (TPSA) is 37.3 Å². The van der Waals surface area contributed by atoms with Crippen molar-refractivity contribution in [1.82, 2.24) is 0 Å². The van der Waals surface area contributed by atoms with Crippen LogP contribution in [0.15, 0.2) is 24.3 Å². The van der Waals surface area contributed by atoms with Crippen LogP contribution in [0.5, 0.6) is 0 Å². The summed E-state index contributed by atoms with van der Waals surface area (Å²) < 4.78 is 26.8. The Balaban J connectivity index is 2.82. The predicted octanol–water partition coefficient (Wildman–Crippen LogP) is 3.45. The van der Waals surface area contributed by atoms with E-state index in [-0.39, 0.29) is 5.56 Å². The number of aliphatic carboxylic acids is 1. The van der Waals surface area contributed by atoms with Crippen molar-refractivity contribution in [3.8, 4) is 0 Å². The Morgan fingerprint density at radius 3 is 2.24 bits per heavy atom. The number of carbonyl (C=O) groups is 1. The molecule has 1 aromatic carbocycles. The summed E-state index contributed by atoms with van der Waals surface area (Å²) in [4.78, 5) is 10.3. The van der Waals surface area contributed by atoms with Gasteiger partial charge in [-0.2, -0.15) is 0 Å². The lowest BCUT2D eigenvalue weighted by molar-refractivity contribution is -0.145. The molecule has 1 N–H and O–H groups in total. The first-order valence-electron chi connectivity index (χ1n) is 5.50. The van der Waals surface area contributed by atoms with Gasteiger partial charge in [-0.3, -0.25) is 4.79 Å². The van der Waals surface area contributed by atoms with Crippen LogP contribution < -0.4 is 0 Å². The molecule has 0 aliphatic carbocycles. The van der Waals surface area contributed by atoms with E-state index >= 15 is 0 Å². The van der Waals surface area contributed by atoms with Gasteiger partial charge in [0.15, 0.2) is 0 Å². The van der Waals surface area contributed by atoms with Crippen molar-refractivity contribution in [2.75, 3.05) is 0 Å². The normalized spacial score (nSPS) is 11.8. The van der Waals surface area contributed by atoms with Crippen LogP contribution in [0.25, 0.3) is 0 Å². The first-order chi connectivity index (χ1) is 7.81. The van der Waals surface area contributed by atoms with E-state index in [1.807, 2.05) is 13.8 Å². The molecule has 0 spiro atoms. The Labute approximate surface area is 99.3 Å². The molecule has 0 bridgehead atoms. The van der Waals surface area contributed by atoms with Gasteiger partial charge in [-0.05, 0) is 17.9 Å². The highest BCUT2D eigenvalue weighted by atomic mass is 19.3. The minimum atomic E-state index is -3.30. The molecule has 0 radical (unpaired) electrons. The van der Waals surface area contributed by atoms with Crippen LogP contribution in [0.2, 0.25) is 0 Å². The van der Waals surface area contributed by atoms with Gasteiger partial charge in [-0.25, -0.2) is 8.78 Å². The quantitative estimate of drug-likeness (QED) is 0.858. The van der Waals surface area contributed by atoms with Gasteiger partial charge < -0.3 is 5.11 Å². The summed E-state index contributed by atoms with van der Waals surface area (Å²) in [5, 5.41) is 8.40. The second-order valence-corrected chi connectivity index (χ2v) is 4.57. The van der Waals surface area contributed by atoms with Gasteiger partial charge >= 0.3 is 5.97 Å². The van der Waals surface area contributed by atoms with E-state index in [1.54, 1.807) is 12.1 Å². The summed E-state index contributed by atoms with van der Waals surface area (Å²) in [5.41, 5.74) is 0.738. The van der Waals surface area contributed by atoms with Crippen molar-refractivity contribution in [3.63, 3.8) is 0 Å². The maximum absolute atomic E-state index is 13.4.